The fourth-order valence-corrected chi connectivity index (χ4v) is 1.72. The lowest BCUT2D eigenvalue weighted by molar-refractivity contribution is -0.125. The average molecular weight is 170 g/mol. The van der Waals surface area contributed by atoms with E-state index >= 15 is 0 Å². The quantitative estimate of drug-likeness (QED) is 0.647. The van der Waals surface area contributed by atoms with Gasteiger partial charge in [0.15, 0.2) is 0 Å². The van der Waals surface area contributed by atoms with Crippen LogP contribution in [0.2, 0.25) is 0 Å². The maximum Gasteiger partial charge on any atom is 0.138 e. The van der Waals surface area contributed by atoms with Gasteiger partial charge in [-0.25, -0.2) is 0 Å². The van der Waals surface area contributed by atoms with Crippen LogP contribution in [0.1, 0.15) is 33.6 Å². The van der Waals surface area contributed by atoms with E-state index in [1.807, 2.05) is 6.92 Å². The highest BCUT2D eigenvalue weighted by molar-refractivity contribution is 5.82. The van der Waals surface area contributed by atoms with Gasteiger partial charge in [-0.1, -0.05) is 20.8 Å². The van der Waals surface area contributed by atoms with Gasteiger partial charge in [0, 0.05) is 17.8 Å². The summed E-state index contributed by atoms with van der Waals surface area (Å²) in [6, 6.07) is 0. The molecule has 0 amide bonds. The predicted octanol–water partition coefficient (Wildman–Crippen LogP) is 2.03. The molecule has 1 aliphatic rings. The molecule has 1 fully saturated rings. The molecule has 2 heteroatoms. The smallest absolute Gasteiger partial charge is 0.138 e. The summed E-state index contributed by atoms with van der Waals surface area (Å²) in [5.41, 5.74) is 0.0618. The molecule has 1 atom stereocenters. The number of ketones is 1. The normalized spacial score (nSPS) is 27.4. The van der Waals surface area contributed by atoms with E-state index in [0.29, 0.717) is 18.8 Å². The van der Waals surface area contributed by atoms with E-state index in [0.717, 1.165) is 13.0 Å². The summed E-state index contributed by atoms with van der Waals surface area (Å²) in [6.07, 6.45) is 1.66. The van der Waals surface area contributed by atoms with E-state index in [1.165, 1.54) is 0 Å². The molecule has 0 aromatic heterocycles. The Kier molecular flexibility index (Phi) is 2.89. The topological polar surface area (TPSA) is 26.3 Å². The Labute approximate surface area is 74.3 Å². The summed E-state index contributed by atoms with van der Waals surface area (Å²) in [5.74, 6) is 0.512. The average Bonchev–Trinajstić information content (AvgIpc) is 2.30. The first-order valence-electron chi connectivity index (χ1n) is 4.68. The zero-order valence-corrected chi connectivity index (χ0v) is 8.22. The number of Topliss-reactive ketones (excluding diaryl/α,β-unsaturated/α-hetero) is 1. The third-order valence-corrected chi connectivity index (χ3v) is 2.59. The maximum absolute atomic E-state index is 11.6. The monoisotopic (exact) mass is 170 g/mol. The number of carbonyl (C=O) groups excluding carboxylic acids is 1. The zero-order valence-electron chi connectivity index (χ0n) is 8.22. The van der Waals surface area contributed by atoms with E-state index in [-0.39, 0.29) is 11.3 Å². The molecule has 0 aromatic rings. The van der Waals surface area contributed by atoms with Crippen LogP contribution >= 0.6 is 0 Å². The molecule has 1 unspecified atom stereocenters. The molecule has 1 aliphatic heterocycles. The molecule has 12 heavy (non-hydrogen) atoms. The van der Waals surface area contributed by atoms with Crippen LogP contribution in [-0.2, 0) is 9.53 Å². The first kappa shape index (κ1) is 9.72. The fraction of sp³-hybridized carbons (Fsp3) is 0.900. The van der Waals surface area contributed by atoms with Gasteiger partial charge >= 0.3 is 0 Å². The summed E-state index contributed by atoms with van der Waals surface area (Å²) in [5, 5.41) is 0. The molecule has 1 rings (SSSR count). The minimum absolute atomic E-state index is 0.0618. The maximum atomic E-state index is 11.6. The van der Waals surface area contributed by atoms with E-state index < -0.39 is 0 Å². The van der Waals surface area contributed by atoms with E-state index in [4.69, 9.17) is 4.74 Å². The van der Waals surface area contributed by atoms with Gasteiger partial charge in [-0.2, -0.15) is 0 Å². The first-order chi connectivity index (χ1) is 5.58. The lowest BCUT2D eigenvalue weighted by atomic mass is 9.78. The Balaban J connectivity index is 2.56. The molecule has 0 aliphatic carbocycles. The molecule has 0 spiro atoms. The summed E-state index contributed by atoms with van der Waals surface area (Å²) < 4.78 is 5.32. The van der Waals surface area contributed by atoms with Gasteiger partial charge in [0.1, 0.15) is 5.78 Å². The molecule has 0 N–H and O–H groups in total. The third kappa shape index (κ3) is 1.86. The van der Waals surface area contributed by atoms with Gasteiger partial charge in [-0.15, -0.1) is 0 Å². The number of hydrogen-bond acceptors (Lipinski definition) is 2. The Morgan fingerprint density at radius 3 is 2.67 bits per heavy atom. The van der Waals surface area contributed by atoms with Crippen molar-refractivity contribution in [2.75, 3.05) is 13.2 Å². The van der Waals surface area contributed by atoms with Crippen molar-refractivity contribution >= 4 is 5.78 Å². The van der Waals surface area contributed by atoms with Crippen molar-refractivity contribution in [3.63, 3.8) is 0 Å². The largest absolute Gasteiger partial charge is 0.380 e. The lowest BCUT2D eigenvalue weighted by Crippen LogP contribution is -2.29. The van der Waals surface area contributed by atoms with Gasteiger partial charge in [0.05, 0.1) is 13.2 Å². The minimum Gasteiger partial charge on any atom is -0.380 e. The van der Waals surface area contributed by atoms with Gasteiger partial charge in [-0.05, 0) is 6.42 Å². The van der Waals surface area contributed by atoms with Gasteiger partial charge in [-0.3, -0.25) is 4.79 Å². The van der Waals surface area contributed by atoms with Crippen molar-refractivity contribution in [3.8, 4) is 0 Å². The van der Waals surface area contributed by atoms with E-state index in [2.05, 4.69) is 13.8 Å². The Morgan fingerprint density at radius 1 is 1.58 bits per heavy atom. The summed E-state index contributed by atoms with van der Waals surface area (Å²) in [4.78, 5) is 11.6. The second-order valence-corrected chi connectivity index (χ2v) is 4.27. The van der Waals surface area contributed by atoms with Gasteiger partial charge in [0.25, 0.3) is 0 Å². The van der Waals surface area contributed by atoms with Crippen LogP contribution in [0.25, 0.3) is 0 Å². The zero-order chi connectivity index (χ0) is 9.19. The molecule has 70 valence electrons. The number of rotatable bonds is 3. The Morgan fingerprint density at radius 2 is 2.25 bits per heavy atom. The second-order valence-electron chi connectivity index (χ2n) is 4.27. The van der Waals surface area contributed by atoms with Crippen LogP contribution in [0.15, 0.2) is 0 Å². The fourth-order valence-electron chi connectivity index (χ4n) is 1.72. The highest BCUT2D eigenvalue weighted by atomic mass is 16.5. The van der Waals surface area contributed by atoms with Crippen LogP contribution in [0.3, 0.4) is 0 Å². The first-order valence-corrected chi connectivity index (χ1v) is 4.68. The van der Waals surface area contributed by atoms with Crippen molar-refractivity contribution in [1.82, 2.24) is 0 Å². The summed E-state index contributed by atoms with van der Waals surface area (Å²) in [7, 11) is 0. The van der Waals surface area contributed by atoms with Crippen molar-refractivity contribution in [2.45, 2.75) is 33.6 Å². The number of carbonyl (C=O) groups is 1. The van der Waals surface area contributed by atoms with Crippen LogP contribution in [0, 0.1) is 11.3 Å². The number of ether oxygens (including phenoxy) is 1. The summed E-state index contributed by atoms with van der Waals surface area (Å²) >= 11 is 0. The highest BCUT2D eigenvalue weighted by Gasteiger charge is 2.39. The minimum atomic E-state index is 0.0618. The van der Waals surface area contributed by atoms with Gasteiger partial charge in [0.2, 0.25) is 0 Å². The predicted molar refractivity (Wildman–Crippen MR) is 48.0 cm³/mol. The standard InChI is InChI=1S/C10H18O2/c1-4-5-9(11)8-6-12-7-10(8,2)3/h8H,4-7H2,1-3H3. The van der Waals surface area contributed by atoms with Crippen molar-refractivity contribution in [3.05, 3.63) is 0 Å². The Hall–Kier alpha value is -0.370. The highest BCUT2D eigenvalue weighted by Crippen LogP contribution is 2.34. The van der Waals surface area contributed by atoms with Gasteiger partial charge < -0.3 is 4.74 Å². The van der Waals surface area contributed by atoms with Crippen LogP contribution < -0.4 is 0 Å². The molecule has 2 nitrogen and oxygen atoms in total. The van der Waals surface area contributed by atoms with E-state index in [1.54, 1.807) is 0 Å². The van der Waals surface area contributed by atoms with Crippen molar-refractivity contribution < 1.29 is 9.53 Å². The molecular formula is C10H18O2. The third-order valence-electron chi connectivity index (χ3n) is 2.59. The molecule has 0 radical (unpaired) electrons. The molecule has 1 saturated heterocycles. The van der Waals surface area contributed by atoms with Crippen LogP contribution in [-0.4, -0.2) is 19.0 Å². The second kappa shape index (κ2) is 3.56. The van der Waals surface area contributed by atoms with E-state index in [9.17, 15) is 4.79 Å². The van der Waals surface area contributed by atoms with Crippen molar-refractivity contribution in [1.29, 1.82) is 0 Å². The van der Waals surface area contributed by atoms with Crippen molar-refractivity contribution in [2.24, 2.45) is 11.3 Å². The molecule has 1 heterocycles. The molecule has 0 bridgehead atoms. The van der Waals surface area contributed by atoms with Crippen LogP contribution in [0.4, 0.5) is 0 Å². The summed E-state index contributed by atoms with van der Waals surface area (Å²) in [6.45, 7) is 7.62. The lowest BCUT2D eigenvalue weighted by Gasteiger charge is -2.22. The molecular weight excluding hydrogens is 152 g/mol. The molecule has 0 aromatic carbocycles. The number of hydrogen-bond donors (Lipinski definition) is 0. The van der Waals surface area contributed by atoms with Crippen LogP contribution in [0.5, 0.6) is 0 Å². The SMILES string of the molecule is CCCC(=O)C1COCC1(C)C. The molecule has 0 saturated carbocycles. The Bertz CT molecular complexity index is 173.